The van der Waals surface area contributed by atoms with E-state index in [-0.39, 0.29) is 4.47 Å². The second-order valence-electron chi connectivity index (χ2n) is 4.26. The molecule has 0 spiro atoms. The number of hydrogen-bond acceptors (Lipinski definition) is 2. The summed E-state index contributed by atoms with van der Waals surface area (Å²) >= 11 is 2.83. The van der Waals surface area contributed by atoms with Crippen LogP contribution in [0.4, 0.5) is 26.3 Å². The van der Waals surface area contributed by atoms with Crippen LogP contribution in [0.15, 0.2) is 16.6 Å². The van der Waals surface area contributed by atoms with Crippen molar-refractivity contribution in [1.82, 2.24) is 0 Å². The highest BCUT2D eigenvalue weighted by molar-refractivity contribution is 9.10. The van der Waals surface area contributed by atoms with Gasteiger partial charge in [-0.3, -0.25) is 0 Å². The first-order chi connectivity index (χ1) is 9.65. The van der Waals surface area contributed by atoms with Gasteiger partial charge >= 0.3 is 12.3 Å². The maximum Gasteiger partial charge on any atom is 0.330 e. The second-order valence-corrected chi connectivity index (χ2v) is 5.11. The summed E-state index contributed by atoms with van der Waals surface area (Å²) in [4.78, 5) is 0. The van der Waals surface area contributed by atoms with E-state index >= 15 is 0 Å². The Morgan fingerprint density at radius 3 is 2.43 bits per heavy atom. The first-order valence-electron chi connectivity index (χ1n) is 5.69. The Morgan fingerprint density at radius 2 is 1.86 bits per heavy atom. The van der Waals surface area contributed by atoms with Gasteiger partial charge in [0.1, 0.15) is 18.2 Å². The molecule has 1 N–H and O–H groups in total. The van der Waals surface area contributed by atoms with Crippen molar-refractivity contribution in [3.05, 3.63) is 33.8 Å². The van der Waals surface area contributed by atoms with Crippen molar-refractivity contribution in [3.63, 3.8) is 0 Å². The first-order valence-corrected chi connectivity index (χ1v) is 6.48. The molecular weight excluding hydrogens is 370 g/mol. The van der Waals surface area contributed by atoms with E-state index in [0.29, 0.717) is 0 Å². The largest absolute Gasteiger partial charge is 0.390 e. The van der Waals surface area contributed by atoms with Crippen molar-refractivity contribution >= 4 is 15.9 Å². The summed E-state index contributed by atoms with van der Waals surface area (Å²) in [5.41, 5.74) is -0.457. The lowest BCUT2D eigenvalue weighted by molar-refractivity contribution is -0.170. The lowest BCUT2D eigenvalue weighted by atomic mass is 10.1. The predicted octanol–water partition coefficient (Wildman–Crippen LogP) is 3.55. The number of aliphatic hydroxyl groups is 1. The third kappa shape index (κ3) is 5.15. The molecule has 1 unspecified atom stereocenters. The van der Waals surface area contributed by atoms with Gasteiger partial charge in [0, 0.05) is 12.0 Å². The van der Waals surface area contributed by atoms with Crippen molar-refractivity contribution < 1.29 is 36.2 Å². The van der Waals surface area contributed by atoms with Crippen LogP contribution in [0.3, 0.4) is 0 Å². The predicted molar refractivity (Wildman–Crippen MR) is 65.5 cm³/mol. The van der Waals surface area contributed by atoms with Gasteiger partial charge in [0.25, 0.3) is 0 Å². The first kappa shape index (κ1) is 18.2. The van der Waals surface area contributed by atoms with Crippen LogP contribution in [0.2, 0.25) is 0 Å². The molecule has 0 aliphatic heterocycles. The molecule has 0 aliphatic rings. The monoisotopic (exact) mass is 380 g/mol. The highest BCUT2D eigenvalue weighted by atomic mass is 79.9. The minimum Gasteiger partial charge on any atom is -0.390 e. The molecule has 0 aliphatic carbocycles. The molecule has 0 saturated carbocycles. The van der Waals surface area contributed by atoms with Gasteiger partial charge in [0.05, 0.1) is 17.2 Å². The third-order valence-corrected chi connectivity index (χ3v) is 3.12. The van der Waals surface area contributed by atoms with Gasteiger partial charge in [0.15, 0.2) is 0 Å². The average Bonchev–Trinajstić information content (AvgIpc) is 2.39. The summed E-state index contributed by atoms with van der Waals surface area (Å²) in [7, 11) is 0. The molecule has 1 aromatic carbocycles. The van der Waals surface area contributed by atoms with Crippen LogP contribution < -0.4 is 0 Å². The molecule has 21 heavy (non-hydrogen) atoms. The van der Waals surface area contributed by atoms with Crippen LogP contribution in [-0.2, 0) is 11.2 Å². The number of aliphatic hydroxyl groups excluding tert-OH is 1. The molecule has 1 aromatic rings. The van der Waals surface area contributed by atoms with Crippen molar-refractivity contribution in [3.8, 4) is 0 Å². The maximum absolute atomic E-state index is 13.6. The Balaban J connectivity index is 2.56. The highest BCUT2D eigenvalue weighted by Crippen LogP contribution is 2.24. The molecular formula is C12H11BrF6O2. The summed E-state index contributed by atoms with van der Waals surface area (Å²) in [6.45, 7) is -2.35. The SMILES string of the molecule is OC(COCC(F)(F)C(F)F)Cc1c(F)ccc(Br)c1F. The zero-order valence-electron chi connectivity index (χ0n) is 10.4. The van der Waals surface area contributed by atoms with E-state index in [1.54, 1.807) is 0 Å². The summed E-state index contributed by atoms with van der Waals surface area (Å²) in [5, 5.41) is 9.47. The van der Waals surface area contributed by atoms with Crippen LogP contribution in [-0.4, -0.2) is 36.8 Å². The number of rotatable bonds is 7. The number of alkyl halides is 4. The molecule has 9 heteroatoms. The standard InChI is InChI=1S/C12H11BrF6O2/c13-8-1-2-9(14)7(10(8)15)3-6(20)4-21-5-12(18,19)11(16)17/h1-2,6,11,20H,3-5H2. The topological polar surface area (TPSA) is 29.5 Å². The summed E-state index contributed by atoms with van der Waals surface area (Å²) in [6.07, 6.45) is -5.96. The Kier molecular flexibility index (Phi) is 6.48. The van der Waals surface area contributed by atoms with E-state index in [2.05, 4.69) is 20.7 Å². The van der Waals surface area contributed by atoms with Crippen LogP contribution in [0.5, 0.6) is 0 Å². The van der Waals surface area contributed by atoms with Crippen LogP contribution in [0, 0.1) is 11.6 Å². The van der Waals surface area contributed by atoms with E-state index in [9.17, 15) is 31.4 Å². The maximum atomic E-state index is 13.6. The van der Waals surface area contributed by atoms with E-state index in [1.165, 1.54) is 0 Å². The fourth-order valence-electron chi connectivity index (χ4n) is 1.44. The van der Waals surface area contributed by atoms with Crippen molar-refractivity contribution in [1.29, 1.82) is 0 Å². The minimum absolute atomic E-state index is 0.0312. The van der Waals surface area contributed by atoms with Gasteiger partial charge in [-0.25, -0.2) is 17.6 Å². The average molecular weight is 381 g/mol. The van der Waals surface area contributed by atoms with Crippen molar-refractivity contribution in [2.45, 2.75) is 24.9 Å². The van der Waals surface area contributed by atoms with Crippen LogP contribution in [0.1, 0.15) is 5.56 Å². The van der Waals surface area contributed by atoms with Gasteiger partial charge < -0.3 is 9.84 Å². The molecule has 0 radical (unpaired) electrons. The molecule has 0 bridgehead atoms. The molecule has 1 rings (SSSR count). The normalized spacial score (nSPS) is 13.8. The minimum atomic E-state index is -4.34. The number of ether oxygens (including phenoxy) is 1. The van der Waals surface area contributed by atoms with E-state index < -0.39 is 55.3 Å². The van der Waals surface area contributed by atoms with Crippen LogP contribution >= 0.6 is 15.9 Å². The Bertz CT molecular complexity index is 483. The van der Waals surface area contributed by atoms with Crippen molar-refractivity contribution in [2.75, 3.05) is 13.2 Å². The van der Waals surface area contributed by atoms with Gasteiger partial charge in [0.2, 0.25) is 0 Å². The quantitative estimate of drug-likeness (QED) is 0.579. The smallest absolute Gasteiger partial charge is 0.330 e. The van der Waals surface area contributed by atoms with E-state index in [1.807, 2.05) is 0 Å². The second kappa shape index (κ2) is 7.46. The lowest BCUT2D eigenvalue weighted by Crippen LogP contribution is -2.34. The van der Waals surface area contributed by atoms with E-state index in [4.69, 9.17) is 0 Å². The van der Waals surface area contributed by atoms with Gasteiger partial charge in [-0.15, -0.1) is 0 Å². The molecule has 0 amide bonds. The molecule has 1 atom stereocenters. The summed E-state index contributed by atoms with van der Waals surface area (Å²) in [6, 6.07) is 2.08. The van der Waals surface area contributed by atoms with Crippen LogP contribution in [0.25, 0.3) is 0 Å². The van der Waals surface area contributed by atoms with E-state index in [0.717, 1.165) is 12.1 Å². The van der Waals surface area contributed by atoms with Gasteiger partial charge in [-0.2, -0.15) is 8.78 Å². The summed E-state index contributed by atoms with van der Waals surface area (Å²) < 4.78 is 79.9. The lowest BCUT2D eigenvalue weighted by Gasteiger charge is -2.17. The molecule has 0 saturated heterocycles. The molecule has 0 aromatic heterocycles. The Labute approximate surface area is 124 Å². The zero-order chi connectivity index (χ0) is 16.2. The van der Waals surface area contributed by atoms with Gasteiger partial charge in [-0.1, -0.05) is 0 Å². The Hall–Kier alpha value is -0.800. The number of halogens is 7. The van der Waals surface area contributed by atoms with Gasteiger partial charge in [-0.05, 0) is 28.1 Å². The molecule has 0 heterocycles. The Morgan fingerprint density at radius 1 is 1.24 bits per heavy atom. The van der Waals surface area contributed by atoms with Crippen molar-refractivity contribution in [2.24, 2.45) is 0 Å². The molecule has 0 fully saturated rings. The fourth-order valence-corrected chi connectivity index (χ4v) is 1.82. The highest BCUT2D eigenvalue weighted by Gasteiger charge is 2.41. The number of hydrogen-bond donors (Lipinski definition) is 1. The third-order valence-electron chi connectivity index (χ3n) is 2.50. The fraction of sp³-hybridized carbons (Fsp3) is 0.500. The molecule has 2 nitrogen and oxygen atoms in total. The summed E-state index contributed by atoms with van der Waals surface area (Å²) in [5.74, 6) is -6.20. The molecule has 120 valence electrons. The zero-order valence-corrected chi connectivity index (χ0v) is 12.0. The number of benzene rings is 1.